The first-order chi connectivity index (χ1) is 13.7. The number of benzene rings is 2. The summed E-state index contributed by atoms with van der Waals surface area (Å²) in [7, 11) is 0. The molecular weight excluding hydrogens is 356 g/mol. The van der Waals surface area contributed by atoms with Crippen LogP contribution in [-0.2, 0) is 0 Å². The van der Waals surface area contributed by atoms with E-state index in [9.17, 15) is 0 Å². The van der Waals surface area contributed by atoms with E-state index in [1.807, 2.05) is 24.3 Å². The summed E-state index contributed by atoms with van der Waals surface area (Å²) in [5.41, 5.74) is 12.8. The molecule has 0 fully saturated rings. The highest BCUT2D eigenvalue weighted by molar-refractivity contribution is 5.54. The van der Waals surface area contributed by atoms with Crippen molar-refractivity contribution in [1.82, 2.24) is 19.9 Å². The van der Waals surface area contributed by atoms with Gasteiger partial charge in [-0.2, -0.15) is 0 Å². The number of rotatable bonds is 5. The van der Waals surface area contributed by atoms with Gasteiger partial charge in [0.2, 0.25) is 0 Å². The molecule has 0 atom stereocenters. The van der Waals surface area contributed by atoms with Crippen LogP contribution in [0.25, 0.3) is 11.6 Å². The fraction of sp³-hybridized carbons (Fsp3) is 0. The van der Waals surface area contributed by atoms with Gasteiger partial charge in [0.15, 0.2) is 23.1 Å². The van der Waals surface area contributed by atoms with Crippen LogP contribution in [0.3, 0.4) is 0 Å². The molecule has 138 valence electrons. The van der Waals surface area contributed by atoms with Crippen LogP contribution in [0.4, 0.5) is 11.4 Å². The van der Waals surface area contributed by atoms with Gasteiger partial charge in [-0.15, -0.1) is 0 Å². The zero-order chi connectivity index (χ0) is 19.3. The summed E-state index contributed by atoms with van der Waals surface area (Å²) in [6.07, 6.45) is 6.14. The first kappa shape index (κ1) is 17.2. The van der Waals surface area contributed by atoms with Crippen molar-refractivity contribution in [2.75, 3.05) is 11.5 Å². The van der Waals surface area contributed by atoms with Crippen molar-refractivity contribution >= 4 is 11.4 Å². The van der Waals surface area contributed by atoms with Crippen LogP contribution in [0.1, 0.15) is 0 Å². The standard InChI is InChI=1S/C20H16N6O2/c21-15-5-1-3-7-17(15)27-13-9-23-19(24-10-13)20-25-11-14(12-26-20)28-18-8-4-2-6-16(18)22/h1-12H,21-22H2. The summed E-state index contributed by atoms with van der Waals surface area (Å²) in [6, 6.07) is 14.4. The molecule has 4 aromatic rings. The summed E-state index contributed by atoms with van der Waals surface area (Å²) in [6.45, 7) is 0. The lowest BCUT2D eigenvalue weighted by molar-refractivity contribution is 0.478. The third-order valence-electron chi connectivity index (χ3n) is 3.75. The predicted octanol–water partition coefficient (Wildman–Crippen LogP) is 3.68. The lowest BCUT2D eigenvalue weighted by atomic mass is 10.3. The van der Waals surface area contributed by atoms with Crippen molar-refractivity contribution in [3.05, 3.63) is 73.3 Å². The Bertz CT molecular complexity index is 995. The van der Waals surface area contributed by atoms with E-state index in [1.54, 1.807) is 24.3 Å². The maximum Gasteiger partial charge on any atom is 0.197 e. The number of nitrogen functional groups attached to an aromatic ring is 2. The van der Waals surface area contributed by atoms with E-state index in [1.165, 1.54) is 24.8 Å². The molecule has 0 radical (unpaired) electrons. The van der Waals surface area contributed by atoms with Crippen molar-refractivity contribution in [1.29, 1.82) is 0 Å². The summed E-state index contributed by atoms with van der Waals surface area (Å²) in [4.78, 5) is 17.0. The van der Waals surface area contributed by atoms with Crippen molar-refractivity contribution in [2.45, 2.75) is 0 Å². The molecule has 0 amide bonds. The Labute approximate surface area is 160 Å². The average molecular weight is 372 g/mol. The highest BCUT2D eigenvalue weighted by atomic mass is 16.5. The first-order valence-electron chi connectivity index (χ1n) is 8.38. The van der Waals surface area contributed by atoms with Crippen LogP contribution in [0.2, 0.25) is 0 Å². The summed E-state index contributed by atoms with van der Waals surface area (Å²) in [5, 5.41) is 0. The van der Waals surface area contributed by atoms with Gasteiger partial charge in [-0.1, -0.05) is 24.3 Å². The van der Waals surface area contributed by atoms with Crippen molar-refractivity contribution in [3.8, 4) is 34.6 Å². The zero-order valence-corrected chi connectivity index (χ0v) is 14.7. The maximum absolute atomic E-state index is 5.86. The van der Waals surface area contributed by atoms with Crippen LogP contribution in [0.15, 0.2) is 73.3 Å². The van der Waals surface area contributed by atoms with Gasteiger partial charge in [-0.3, -0.25) is 0 Å². The molecule has 28 heavy (non-hydrogen) atoms. The molecule has 0 bridgehead atoms. The number of para-hydroxylation sites is 4. The zero-order valence-electron chi connectivity index (χ0n) is 14.7. The Kier molecular flexibility index (Phi) is 4.67. The number of nitrogens with zero attached hydrogens (tertiary/aromatic N) is 4. The van der Waals surface area contributed by atoms with E-state index >= 15 is 0 Å². The van der Waals surface area contributed by atoms with Gasteiger partial charge in [-0.25, -0.2) is 19.9 Å². The van der Waals surface area contributed by atoms with Crippen LogP contribution >= 0.6 is 0 Å². The van der Waals surface area contributed by atoms with Gasteiger partial charge in [0.05, 0.1) is 36.2 Å². The third-order valence-corrected chi connectivity index (χ3v) is 3.75. The minimum atomic E-state index is 0.360. The van der Waals surface area contributed by atoms with Crippen LogP contribution in [0.5, 0.6) is 23.0 Å². The second kappa shape index (κ2) is 7.58. The van der Waals surface area contributed by atoms with Gasteiger partial charge in [0, 0.05) is 0 Å². The molecule has 0 saturated carbocycles. The van der Waals surface area contributed by atoms with Gasteiger partial charge in [0.1, 0.15) is 11.5 Å². The molecule has 4 rings (SSSR count). The molecule has 8 nitrogen and oxygen atoms in total. The molecule has 0 saturated heterocycles. The topological polar surface area (TPSA) is 122 Å². The second-order valence-corrected chi connectivity index (χ2v) is 5.76. The monoisotopic (exact) mass is 372 g/mol. The summed E-state index contributed by atoms with van der Waals surface area (Å²) < 4.78 is 11.3. The van der Waals surface area contributed by atoms with Gasteiger partial charge < -0.3 is 20.9 Å². The number of ether oxygens (including phenoxy) is 2. The highest BCUT2D eigenvalue weighted by Crippen LogP contribution is 2.28. The Morgan fingerprint density at radius 2 is 0.893 bits per heavy atom. The highest BCUT2D eigenvalue weighted by Gasteiger charge is 2.08. The number of aromatic nitrogens is 4. The second-order valence-electron chi connectivity index (χ2n) is 5.76. The van der Waals surface area contributed by atoms with E-state index < -0.39 is 0 Å². The molecule has 2 aromatic carbocycles. The maximum atomic E-state index is 5.86. The minimum Gasteiger partial charge on any atom is -0.452 e. The third kappa shape index (κ3) is 3.80. The van der Waals surface area contributed by atoms with Crippen molar-refractivity contribution in [3.63, 3.8) is 0 Å². The van der Waals surface area contributed by atoms with Crippen molar-refractivity contribution < 1.29 is 9.47 Å². The molecule has 0 spiro atoms. The van der Waals surface area contributed by atoms with E-state index in [-0.39, 0.29) is 0 Å². The molecule has 0 aliphatic carbocycles. The fourth-order valence-corrected chi connectivity index (χ4v) is 2.37. The van der Waals surface area contributed by atoms with Gasteiger partial charge >= 0.3 is 0 Å². The molecule has 4 N–H and O–H groups in total. The Morgan fingerprint density at radius 3 is 1.25 bits per heavy atom. The van der Waals surface area contributed by atoms with E-state index in [2.05, 4.69) is 19.9 Å². The predicted molar refractivity (Wildman–Crippen MR) is 105 cm³/mol. The Hall–Kier alpha value is -4.20. The molecular formula is C20H16N6O2. The van der Waals surface area contributed by atoms with Crippen molar-refractivity contribution in [2.24, 2.45) is 0 Å². The Morgan fingerprint density at radius 1 is 0.536 bits per heavy atom. The molecule has 0 aliphatic rings. The molecule has 2 aromatic heterocycles. The quantitative estimate of drug-likeness (QED) is 0.509. The molecule has 0 aliphatic heterocycles. The van der Waals surface area contributed by atoms with E-state index in [0.717, 1.165) is 0 Å². The number of nitrogens with two attached hydrogens (primary N) is 2. The van der Waals surface area contributed by atoms with Crippen LogP contribution in [-0.4, -0.2) is 19.9 Å². The van der Waals surface area contributed by atoms with Gasteiger partial charge in [-0.05, 0) is 24.3 Å². The smallest absolute Gasteiger partial charge is 0.197 e. The first-order valence-corrected chi connectivity index (χ1v) is 8.38. The summed E-state index contributed by atoms with van der Waals surface area (Å²) in [5.74, 6) is 2.72. The van der Waals surface area contributed by atoms with E-state index in [0.29, 0.717) is 46.0 Å². The number of anilines is 2. The lowest BCUT2D eigenvalue weighted by Crippen LogP contribution is -1.97. The number of hydrogen-bond donors (Lipinski definition) is 2. The minimum absolute atomic E-state index is 0.360. The largest absolute Gasteiger partial charge is 0.452 e. The lowest BCUT2D eigenvalue weighted by Gasteiger charge is -2.08. The molecule has 8 heteroatoms. The van der Waals surface area contributed by atoms with Gasteiger partial charge in [0.25, 0.3) is 0 Å². The van der Waals surface area contributed by atoms with E-state index in [4.69, 9.17) is 20.9 Å². The number of hydrogen-bond acceptors (Lipinski definition) is 8. The SMILES string of the molecule is Nc1ccccc1Oc1cnc(-c2ncc(Oc3ccccc3N)cn2)nc1. The normalized spacial score (nSPS) is 10.4. The Balaban J connectivity index is 1.47. The molecule has 0 unspecified atom stereocenters. The fourth-order valence-electron chi connectivity index (χ4n) is 2.37. The average Bonchev–Trinajstić information content (AvgIpc) is 2.73. The summed E-state index contributed by atoms with van der Waals surface area (Å²) >= 11 is 0. The molecule has 2 heterocycles. The van der Waals surface area contributed by atoms with Crippen LogP contribution < -0.4 is 20.9 Å². The van der Waals surface area contributed by atoms with Crippen LogP contribution in [0, 0.1) is 0 Å².